The van der Waals surface area contributed by atoms with E-state index in [0.717, 1.165) is 67.4 Å². The molecule has 0 bridgehead atoms. The zero-order valence-corrected chi connectivity index (χ0v) is 22.3. The standard InChI is InChI=1S/C32H26ClNO5/c1-18-15-21-16-22(33)5-8-24(21)29(25-9-10-26-28-20(12-14-38-26)11-13-34-30(25)28)27(18)31(32(35)36)39-17-19-3-6-23(37-2)7-4-19/h3-11,13,15-16,31H,12,14,17H2,1-2H3,(H,35,36)/t31-/m1/s1. The summed E-state index contributed by atoms with van der Waals surface area (Å²) in [6.07, 6.45) is 1.37. The SMILES string of the molecule is COc1ccc(CO[C@@H](C(=O)O)c2c(C)cc3cc(Cl)ccc3c2-c2ccc3c4c(ccnc24)CCO3)cc1. The lowest BCUT2D eigenvalue weighted by Gasteiger charge is -2.24. The van der Waals surface area contributed by atoms with Crippen LogP contribution in [0.25, 0.3) is 32.8 Å². The predicted molar refractivity (Wildman–Crippen MR) is 152 cm³/mol. The first-order chi connectivity index (χ1) is 18.9. The van der Waals surface area contributed by atoms with Crippen LogP contribution in [0.5, 0.6) is 11.5 Å². The number of hydrogen-bond donors (Lipinski definition) is 1. The molecule has 6 nitrogen and oxygen atoms in total. The zero-order chi connectivity index (χ0) is 27.1. The molecule has 39 heavy (non-hydrogen) atoms. The van der Waals surface area contributed by atoms with E-state index in [2.05, 4.69) is 0 Å². The van der Waals surface area contributed by atoms with Gasteiger partial charge in [-0.2, -0.15) is 0 Å². The number of benzene rings is 4. The molecule has 0 spiro atoms. The van der Waals surface area contributed by atoms with Crippen molar-refractivity contribution in [3.63, 3.8) is 0 Å². The van der Waals surface area contributed by atoms with Gasteiger partial charge in [-0.05, 0) is 82.4 Å². The minimum atomic E-state index is -1.22. The maximum atomic E-state index is 12.8. The third kappa shape index (κ3) is 4.56. The number of halogens is 1. The molecule has 196 valence electrons. The number of nitrogens with zero attached hydrogens (tertiary/aromatic N) is 1. The molecule has 1 aliphatic rings. The maximum Gasteiger partial charge on any atom is 0.337 e. The molecule has 1 N–H and O–H groups in total. The highest BCUT2D eigenvalue weighted by Gasteiger charge is 2.29. The number of pyridine rings is 1. The Morgan fingerprint density at radius 1 is 1.10 bits per heavy atom. The number of hydrogen-bond acceptors (Lipinski definition) is 5. The zero-order valence-electron chi connectivity index (χ0n) is 21.5. The fraction of sp³-hybridized carbons (Fsp3) is 0.188. The molecular weight excluding hydrogens is 514 g/mol. The summed E-state index contributed by atoms with van der Waals surface area (Å²) < 4.78 is 17.3. The van der Waals surface area contributed by atoms with E-state index in [9.17, 15) is 9.90 Å². The first kappa shape index (κ1) is 25.2. The minimum Gasteiger partial charge on any atom is -0.497 e. The maximum absolute atomic E-state index is 12.8. The predicted octanol–water partition coefficient (Wildman–Crippen LogP) is 7.30. The molecule has 2 heterocycles. The van der Waals surface area contributed by atoms with Gasteiger partial charge in [0.05, 0.1) is 25.8 Å². The van der Waals surface area contributed by atoms with Crippen LogP contribution in [0.3, 0.4) is 0 Å². The van der Waals surface area contributed by atoms with Crippen LogP contribution < -0.4 is 9.47 Å². The van der Waals surface area contributed by atoms with Crippen molar-refractivity contribution in [2.75, 3.05) is 13.7 Å². The second-order valence-corrected chi connectivity index (χ2v) is 10.1. The quantitative estimate of drug-likeness (QED) is 0.234. The van der Waals surface area contributed by atoms with Gasteiger partial charge in [0.2, 0.25) is 0 Å². The summed E-state index contributed by atoms with van der Waals surface area (Å²) in [6.45, 7) is 2.64. The van der Waals surface area contributed by atoms with E-state index in [-0.39, 0.29) is 6.61 Å². The lowest BCUT2D eigenvalue weighted by atomic mass is 9.85. The number of aryl methyl sites for hydroxylation is 1. The number of rotatable bonds is 7. The van der Waals surface area contributed by atoms with Crippen LogP contribution in [-0.4, -0.2) is 29.8 Å². The number of ether oxygens (including phenoxy) is 3. The molecule has 7 heteroatoms. The highest BCUT2D eigenvalue weighted by Crippen LogP contribution is 2.45. The highest BCUT2D eigenvalue weighted by molar-refractivity contribution is 6.31. The van der Waals surface area contributed by atoms with Gasteiger partial charge in [-0.1, -0.05) is 35.9 Å². The summed E-state index contributed by atoms with van der Waals surface area (Å²) in [5, 5.41) is 13.8. The van der Waals surface area contributed by atoms with Gasteiger partial charge in [-0.15, -0.1) is 0 Å². The lowest BCUT2D eigenvalue weighted by Crippen LogP contribution is -2.18. The normalized spacial score (nSPS) is 13.3. The Morgan fingerprint density at radius 3 is 2.69 bits per heavy atom. The van der Waals surface area contributed by atoms with Crippen LogP contribution in [0.4, 0.5) is 0 Å². The third-order valence-corrected chi connectivity index (χ3v) is 7.48. The van der Waals surface area contributed by atoms with E-state index >= 15 is 0 Å². The first-order valence-corrected chi connectivity index (χ1v) is 13.1. The largest absolute Gasteiger partial charge is 0.497 e. The molecule has 0 radical (unpaired) electrons. The van der Waals surface area contributed by atoms with Crippen LogP contribution in [0.2, 0.25) is 5.02 Å². The molecule has 6 rings (SSSR count). The van der Waals surface area contributed by atoms with Crippen molar-refractivity contribution < 1.29 is 24.1 Å². The highest BCUT2D eigenvalue weighted by atomic mass is 35.5. The molecular formula is C32H26ClNO5. The number of carboxylic acid groups (broad SMARTS) is 1. The van der Waals surface area contributed by atoms with Gasteiger partial charge in [0.25, 0.3) is 0 Å². The van der Waals surface area contributed by atoms with Crippen molar-refractivity contribution >= 4 is 39.2 Å². The van der Waals surface area contributed by atoms with Crippen LogP contribution >= 0.6 is 11.6 Å². The van der Waals surface area contributed by atoms with Crippen molar-refractivity contribution in [1.29, 1.82) is 0 Å². The molecule has 0 amide bonds. The summed E-state index contributed by atoms with van der Waals surface area (Å²) in [4.78, 5) is 17.5. The van der Waals surface area contributed by atoms with Crippen molar-refractivity contribution in [2.24, 2.45) is 0 Å². The second kappa shape index (κ2) is 10.2. The first-order valence-electron chi connectivity index (χ1n) is 12.7. The summed E-state index contributed by atoms with van der Waals surface area (Å²) in [5.74, 6) is 0.439. The summed E-state index contributed by atoms with van der Waals surface area (Å²) in [7, 11) is 1.60. The average Bonchev–Trinajstić information content (AvgIpc) is 2.94. The molecule has 0 aliphatic carbocycles. The summed E-state index contributed by atoms with van der Waals surface area (Å²) in [6, 6.07) is 20.9. The molecule has 0 saturated heterocycles. The molecule has 0 saturated carbocycles. The van der Waals surface area contributed by atoms with E-state index in [4.69, 9.17) is 30.8 Å². The van der Waals surface area contributed by atoms with Crippen molar-refractivity contribution in [2.45, 2.75) is 26.1 Å². The molecule has 1 aromatic heterocycles. The Morgan fingerprint density at radius 2 is 1.92 bits per heavy atom. The summed E-state index contributed by atoms with van der Waals surface area (Å²) in [5.41, 5.74) is 5.75. The topological polar surface area (TPSA) is 77.9 Å². The average molecular weight is 540 g/mol. The van der Waals surface area contributed by atoms with E-state index in [0.29, 0.717) is 17.2 Å². The van der Waals surface area contributed by atoms with Crippen molar-refractivity contribution in [3.05, 3.63) is 100 Å². The van der Waals surface area contributed by atoms with Gasteiger partial charge in [0.1, 0.15) is 11.5 Å². The van der Waals surface area contributed by atoms with Crippen LogP contribution in [0, 0.1) is 6.92 Å². The van der Waals surface area contributed by atoms with Gasteiger partial charge in [0, 0.05) is 34.2 Å². The van der Waals surface area contributed by atoms with Crippen LogP contribution in [-0.2, 0) is 22.6 Å². The van der Waals surface area contributed by atoms with Crippen LogP contribution in [0.1, 0.15) is 28.4 Å². The fourth-order valence-corrected chi connectivity index (χ4v) is 5.63. The van der Waals surface area contributed by atoms with E-state index in [1.54, 1.807) is 13.3 Å². The Hall–Kier alpha value is -4.13. The Kier molecular flexibility index (Phi) is 6.59. The Balaban J connectivity index is 1.57. The van der Waals surface area contributed by atoms with E-state index < -0.39 is 12.1 Å². The van der Waals surface area contributed by atoms with Crippen molar-refractivity contribution in [3.8, 4) is 22.6 Å². The number of carboxylic acids is 1. The summed E-state index contributed by atoms with van der Waals surface area (Å²) >= 11 is 6.37. The van der Waals surface area contributed by atoms with E-state index in [1.807, 2.05) is 73.7 Å². The fourth-order valence-electron chi connectivity index (χ4n) is 5.44. The third-order valence-electron chi connectivity index (χ3n) is 7.25. The van der Waals surface area contributed by atoms with Gasteiger partial charge in [-0.25, -0.2) is 4.79 Å². The smallest absolute Gasteiger partial charge is 0.337 e. The molecule has 0 fully saturated rings. The second-order valence-electron chi connectivity index (χ2n) is 9.63. The monoisotopic (exact) mass is 539 g/mol. The van der Waals surface area contributed by atoms with Gasteiger partial charge in [-0.3, -0.25) is 4.98 Å². The van der Waals surface area contributed by atoms with Gasteiger partial charge in [0.15, 0.2) is 6.10 Å². The Labute approximate surface area is 230 Å². The van der Waals surface area contributed by atoms with Gasteiger partial charge >= 0.3 is 5.97 Å². The molecule has 1 aliphatic heterocycles. The number of aromatic nitrogens is 1. The minimum absolute atomic E-state index is 0.119. The molecule has 1 atom stereocenters. The number of aliphatic carboxylic acids is 1. The number of carbonyl (C=O) groups is 1. The number of fused-ring (bicyclic) bond motifs is 1. The van der Waals surface area contributed by atoms with E-state index in [1.165, 1.54) is 0 Å². The molecule has 4 aromatic carbocycles. The molecule has 5 aromatic rings. The van der Waals surface area contributed by atoms with Gasteiger partial charge < -0.3 is 19.3 Å². The van der Waals surface area contributed by atoms with Crippen molar-refractivity contribution in [1.82, 2.24) is 4.98 Å². The Bertz CT molecular complexity index is 1720. The molecule has 0 unspecified atom stereocenters. The number of methoxy groups -OCH3 is 1. The lowest BCUT2D eigenvalue weighted by molar-refractivity contribution is -0.151. The van der Waals surface area contributed by atoms with Crippen LogP contribution in [0.15, 0.2) is 72.9 Å².